The smallest absolute Gasteiger partial charge is 0.407 e. The predicted molar refractivity (Wildman–Crippen MR) is 77.5 cm³/mol. The van der Waals surface area contributed by atoms with E-state index in [1.807, 2.05) is 6.07 Å². The first-order valence-corrected chi connectivity index (χ1v) is 7.15. The van der Waals surface area contributed by atoms with Crippen molar-refractivity contribution in [3.05, 3.63) is 47.5 Å². The number of rotatable bonds is 3. The first-order chi connectivity index (χ1) is 9.72. The van der Waals surface area contributed by atoms with E-state index >= 15 is 0 Å². The zero-order chi connectivity index (χ0) is 13.9. The Bertz CT molecular complexity index is 506. The number of benzene rings is 1. The van der Waals surface area contributed by atoms with Crippen molar-refractivity contribution in [1.82, 2.24) is 9.80 Å². The van der Waals surface area contributed by atoms with E-state index in [9.17, 15) is 4.79 Å². The average molecular weight is 272 g/mol. The Balaban J connectivity index is 1.50. The van der Waals surface area contributed by atoms with Gasteiger partial charge in [-0.15, -0.1) is 0 Å². The molecule has 2 aliphatic rings. The number of hydrogen-bond donors (Lipinski definition) is 1. The van der Waals surface area contributed by atoms with Gasteiger partial charge in [-0.3, -0.25) is 4.90 Å². The van der Waals surface area contributed by atoms with E-state index < -0.39 is 6.09 Å². The predicted octanol–water partition coefficient (Wildman–Crippen LogP) is 2.43. The van der Waals surface area contributed by atoms with E-state index in [2.05, 4.69) is 35.2 Å². The monoisotopic (exact) mass is 272 g/mol. The van der Waals surface area contributed by atoms with Gasteiger partial charge in [0.2, 0.25) is 0 Å². The maximum Gasteiger partial charge on any atom is 0.407 e. The van der Waals surface area contributed by atoms with Crippen molar-refractivity contribution in [1.29, 1.82) is 0 Å². The Hall–Kier alpha value is -1.81. The van der Waals surface area contributed by atoms with Gasteiger partial charge in [-0.2, -0.15) is 0 Å². The van der Waals surface area contributed by atoms with Crippen LogP contribution in [-0.4, -0.2) is 47.2 Å². The van der Waals surface area contributed by atoms with E-state index in [0.717, 1.165) is 26.1 Å². The lowest BCUT2D eigenvalue weighted by molar-refractivity contribution is 0.0910. The molecule has 0 unspecified atom stereocenters. The lowest BCUT2D eigenvalue weighted by atomic mass is 9.87. The summed E-state index contributed by atoms with van der Waals surface area (Å²) in [6.45, 7) is 4.41. The molecule has 2 heterocycles. The van der Waals surface area contributed by atoms with Gasteiger partial charge in [-0.05, 0) is 12.0 Å². The lowest BCUT2D eigenvalue weighted by Gasteiger charge is -2.40. The Labute approximate surface area is 119 Å². The summed E-state index contributed by atoms with van der Waals surface area (Å²) >= 11 is 0. The Morgan fingerprint density at radius 1 is 1.25 bits per heavy atom. The number of nitrogens with zero attached hydrogens (tertiary/aromatic N) is 2. The summed E-state index contributed by atoms with van der Waals surface area (Å²) in [4.78, 5) is 14.7. The molecule has 0 spiro atoms. The summed E-state index contributed by atoms with van der Waals surface area (Å²) in [7, 11) is 0. The van der Waals surface area contributed by atoms with Crippen LogP contribution in [0.15, 0.2) is 42.0 Å². The van der Waals surface area contributed by atoms with Crippen LogP contribution in [0.25, 0.3) is 0 Å². The molecule has 1 amide bonds. The Kier molecular flexibility index (Phi) is 3.74. The van der Waals surface area contributed by atoms with E-state index in [1.54, 1.807) is 0 Å². The van der Waals surface area contributed by atoms with Crippen LogP contribution in [0.2, 0.25) is 0 Å². The minimum absolute atomic E-state index is 0.463. The Morgan fingerprint density at radius 2 is 2.00 bits per heavy atom. The van der Waals surface area contributed by atoms with Gasteiger partial charge in [0.25, 0.3) is 0 Å². The topological polar surface area (TPSA) is 43.8 Å². The fraction of sp³-hybridized carbons (Fsp3) is 0.438. The van der Waals surface area contributed by atoms with Gasteiger partial charge in [0.05, 0.1) is 0 Å². The molecule has 1 aromatic carbocycles. The summed E-state index contributed by atoms with van der Waals surface area (Å²) in [6.07, 6.45) is 2.59. The zero-order valence-corrected chi connectivity index (χ0v) is 11.5. The van der Waals surface area contributed by atoms with E-state index in [-0.39, 0.29) is 0 Å². The minimum Gasteiger partial charge on any atom is -0.465 e. The van der Waals surface area contributed by atoms with Gasteiger partial charge in [-0.1, -0.05) is 42.0 Å². The molecule has 4 nitrogen and oxygen atoms in total. The molecule has 0 bridgehead atoms. The molecule has 0 aromatic heterocycles. The van der Waals surface area contributed by atoms with Crippen molar-refractivity contribution in [2.75, 3.05) is 26.2 Å². The van der Waals surface area contributed by atoms with Gasteiger partial charge in [-0.25, -0.2) is 4.79 Å². The van der Waals surface area contributed by atoms with Gasteiger partial charge in [0.1, 0.15) is 0 Å². The third kappa shape index (κ3) is 2.85. The molecule has 2 aliphatic heterocycles. The van der Waals surface area contributed by atoms with Gasteiger partial charge in [0.15, 0.2) is 0 Å². The number of likely N-dealkylation sites (tertiary alicyclic amines) is 1. The van der Waals surface area contributed by atoms with Crippen LogP contribution in [0.5, 0.6) is 0 Å². The normalized spacial score (nSPS) is 20.4. The second-order valence-electron chi connectivity index (χ2n) is 5.63. The molecule has 0 radical (unpaired) electrons. The van der Waals surface area contributed by atoms with Crippen molar-refractivity contribution < 1.29 is 9.90 Å². The molecule has 0 saturated carbocycles. The molecule has 1 N–H and O–H groups in total. The second-order valence-corrected chi connectivity index (χ2v) is 5.63. The molecule has 1 fully saturated rings. The molecule has 4 heteroatoms. The van der Waals surface area contributed by atoms with Gasteiger partial charge < -0.3 is 10.0 Å². The number of carboxylic acid groups (broad SMARTS) is 1. The molecular weight excluding hydrogens is 252 g/mol. The van der Waals surface area contributed by atoms with Crippen LogP contribution >= 0.6 is 0 Å². The van der Waals surface area contributed by atoms with Crippen molar-refractivity contribution in [3.63, 3.8) is 0 Å². The van der Waals surface area contributed by atoms with Gasteiger partial charge in [0, 0.05) is 38.6 Å². The van der Waals surface area contributed by atoms with Crippen LogP contribution in [0.1, 0.15) is 12.0 Å². The summed E-state index contributed by atoms with van der Waals surface area (Å²) in [5.74, 6) is 0.463. The third-order valence-electron chi connectivity index (χ3n) is 4.25. The zero-order valence-electron chi connectivity index (χ0n) is 11.5. The highest BCUT2D eigenvalue weighted by Crippen LogP contribution is 2.28. The van der Waals surface area contributed by atoms with E-state index in [4.69, 9.17) is 5.11 Å². The standard InChI is InChI=1S/C16H20N2O2/c19-16(20)18-11-15(12-18)14-6-8-17(9-7-14)10-13-4-2-1-3-5-13/h1-6,15H,7-12H2,(H,19,20). The maximum absolute atomic E-state index is 10.8. The van der Waals surface area contributed by atoms with Gasteiger partial charge >= 0.3 is 6.09 Å². The van der Waals surface area contributed by atoms with Crippen LogP contribution in [0.4, 0.5) is 4.79 Å². The quantitative estimate of drug-likeness (QED) is 0.859. The highest BCUT2D eigenvalue weighted by molar-refractivity contribution is 5.66. The fourth-order valence-corrected chi connectivity index (χ4v) is 2.95. The molecule has 1 aromatic rings. The molecule has 106 valence electrons. The molecule has 3 rings (SSSR count). The van der Waals surface area contributed by atoms with Crippen molar-refractivity contribution in [2.24, 2.45) is 5.92 Å². The summed E-state index contributed by atoms with van der Waals surface area (Å²) in [5.41, 5.74) is 2.80. The summed E-state index contributed by atoms with van der Waals surface area (Å²) in [5, 5.41) is 8.85. The first-order valence-electron chi connectivity index (χ1n) is 7.15. The van der Waals surface area contributed by atoms with E-state index in [1.165, 1.54) is 16.0 Å². The van der Waals surface area contributed by atoms with E-state index in [0.29, 0.717) is 19.0 Å². The van der Waals surface area contributed by atoms with Crippen molar-refractivity contribution >= 4 is 6.09 Å². The van der Waals surface area contributed by atoms with Crippen LogP contribution in [0, 0.1) is 5.92 Å². The fourth-order valence-electron chi connectivity index (χ4n) is 2.95. The second kappa shape index (κ2) is 5.67. The third-order valence-corrected chi connectivity index (χ3v) is 4.25. The SMILES string of the molecule is O=C(O)N1CC(C2=CCN(Cc3ccccc3)CC2)C1. The van der Waals surface area contributed by atoms with Crippen LogP contribution in [-0.2, 0) is 6.54 Å². The Morgan fingerprint density at radius 3 is 2.60 bits per heavy atom. The highest BCUT2D eigenvalue weighted by Gasteiger charge is 2.33. The maximum atomic E-state index is 10.8. The number of amides is 1. The average Bonchev–Trinajstić information content (AvgIpc) is 2.40. The van der Waals surface area contributed by atoms with Crippen molar-refractivity contribution in [2.45, 2.75) is 13.0 Å². The summed E-state index contributed by atoms with van der Waals surface area (Å²) < 4.78 is 0. The molecule has 20 heavy (non-hydrogen) atoms. The lowest BCUT2D eigenvalue weighted by Crippen LogP contribution is -2.50. The highest BCUT2D eigenvalue weighted by atomic mass is 16.4. The number of hydrogen-bond acceptors (Lipinski definition) is 2. The minimum atomic E-state index is -0.789. The molecule has 1 saturated heterocycles. The summed E-state index contributed by atoms with van der Waals surface area (Å²) in [6, 6.07) is 10.5. The van der Waals surface area contributed by atoms with Crippen LogP contribution in [0.3, 0.4) is 0 Å². The molecular formula is C16H20N2O2. The number of carbonyl (C=O) groups is 1. The largest absolute Gasteiger partial charge is 0.465 e. The van der Waals surface area contributed by atoms with Crippen LogP contribution < -0.4 is 0 Å². The molecule has 0 atom stereocenters. The van der Waals surface area contributed by atoms with Crippen molar-refractivity contribution in [3.8, 4) is 0 Å². The molecule has 0 aliphatic carbocycles. The first kappa shape index (κ1) is 13.2.